The Labute approximate surface area is 178 Å². The molecule has 11 nitrogen and oxygen atoms in total. The predicted molar refractivity (Wildman–Crippen MR) is 103 cm³/mol. The van der Waals surface area contributed by atoms with Gasteiger partial charge in [-0.25, -0.2) is 0 Å². The van der Waals surface area contributed by atoms with E-state index in [-0.39, 0.29) is 5.56 Å². The van der Waals surface area contributed by atoms with Gasteiger partial charge in [-0.1, -0.05) is 12.1 Å². The fourth-order valence-electron chi connectivity index (χ4n) is 3.23. The number of rotatable bonds is 6. The lowest BCUT2D eigenvalue weighted by Crippen LogP contribution is -2.66. The molecule has 0 spiro atoms. The van der Waals surface area contributed by atoms with Crippen molar-refractivity contribution in [3.63, 3.8) is 0 Å². The van der Waals surface area contributed by atoms with Crippen molar-refractivity contribution in [3.8, 4) is 0 Å². The Kier molecular flexibility index (Phi) is 7.58. The third-order valence-corrected chi connectivity index (χ3v) is 4.38. The number of hydrogen-bond donors (Lipinski definition) is 2. The first-order valence-corrected chi connectivity index (χ1v) is 9.35. The number of carbonyl (C=O) groups is 4. The highest BCUT2D eigenvalue weighted by Gasteiger charge is 2.60. The lowest BCUT2D eigenvalue weighted by atomic mass is 9.87. The fourth-order valence-corrected chi connectivity index (χ4v) is 3.23. The minimum absolute atomic E-state index is 0.110. The van der Waals surface area contributed by atoms with Gasteiger partial charge in [0.2, 0.25) is 11.9 Å². The van der Waals surface area contributed by atoms with Crippen molar-refractivity contribution >= 4 is 29.6 Å². The molecule has 0 radical (unpaired) electrons. The second kappa shape index (κ2) is 9.75. The van der Waals surface area contributed by atoms with Gasteiger partial charge in [0.25, 0.3) is 0 Å². The quantitative estimate of drug-likeness (QED) is 0.353. The van der Waals surface area contributed by atoms with Gasteiger partial charge in [0.1, 0.15) is 12.7 Å². The van der Waals surface area contributed by atoms with Crippen LogP contribution in [-0.4, -0.2) is 60.0 Å². The van der Waals surface area contributed by atoms with E-state index in [1.807, 2.05) is 0 Å². The first-order chi connectivity index (χ1) is 14.4. The minimum Gasteiger partial charge on any atom is -0.463 e. The molecule has 0 amide bonds. The van der Waals surface area contributed by atoms with Crippen molar-refractivity contribution in [1.29, 1.82) is 0 Å². The van der Waals surface area contributed by atoms with E-state index < -0.39 is 60.7 Å². The van der Waals surface area contributed by atoms with Gasteiger partial charge in [0.05, 0.1) is 0 Å². The topological polar surface area (TPSA) is 161 Å². The van der Waals surface area contributed by atoms with E-state index in [1.165, 1.54) is 24.3 Å². The van der Waals surface area contributed by atoms with Crippen molar-refractivity contribution in [3.05, 3.63) is 29.8 Å². The highest BCUT2D eigenvalue weighted by atomic mass is 16.7. The zero-order valence-electron chi connectivity index (χ0n) is 17.5. The SMILES string of the molecule is CC(=O)OC[C@H]1O[C@](O)(c2ccc(N)cc2)[C@H](OC(C)=O)[C@@H](OC(C)=O)[C@@H]1OC(C)=O. The fraction of sp³-hybridized carbons (Fsp3) is 0.500. The summed E-state index contributed by atoms with van der Waals surface area (Å²) in [5.74, 6) is -5.40. The highest BCUT2D eigenvalue weighted by Crippen LogP contribution is 2.41. The van der Waals surface area contributed by atoms with Crippen LogP contribution in [0.25, 0.3) is 0 Å². The van der Waals surface area contributed by atoms with E-state index in [2.05, 4.69) is 0 Å². The lowest BCUT2D eigenvalue weighted by molar-refractivity contribution is -0.360. The normalized spacial score (nSPS) is 27.6. The Balaban J connectivity index is 2.62. The predicted octanol–water partition coefficient (Wildman–Crippen LogP) is 0.171. The maximum Gasteiger partial charge on any atom is 0.303 e. The summed E-state index contributed by atoms with van der Waals surface area (Å²) in [4.78, 5) is 46.7. The molecule has 0 unspecified atom stereocenters. The van der Waals surface area contributed by atoms with Crippen molar-refractivity contribution in [2.45, 2.75) is 57.9 Å². The summed E-state index contributed by atoms with van der Waals surface area (Å²) in [5, 5.41) is 11.5. The number of nitrogens with two attached hydrogens (primary N) is 1. The van der Waals surface area contributed by atoms with Crippen LogP contribution in [0.4, 0.5) is 5.69 Å². The van der Waals surface area contributed by atoms with Crippen LogP contribution in [0.5, 0.6) is 0 Å². The molecule has 31 heavy (non-hydrogen) atoms. The molecule has 1 aliphatic heterocycles. The van der Waals surface area contributed by atoms with Crippen LogP contribution in [0.2, 0.25) is 0 Å². The van der Waals surface area contributed by atoms with Gasteiger partial charge in [0, 0.05) is 38.9 Å². The maximum atomic E-state index is 11.8. The average molecular weight is 439 g/mol. The lowest BCUT2D eigenvalue weighted by Gasteiger charge is -2.48. The summed E-state index contributed by atoms with van der Waals surface area (Å²) >= 11 is 0. The van der Waals surface area contributed by atoms with Gasteiger partial charge in [0.15, 0.2) is 12.2 Å². The second-order valence-corrected chi connectivity index (χ2v) is 6.96. The van der Waals surface area contributed by atoms with Gasteiger partial charge < -0.3 is 34.5 Å². The van der Waals surface area contributed by atoms with E-state index in [9.17, 15) is 24.3 Å². The molecule has 0 saturated carbocycles. The number of ether oxygens (including phenoxy) is 5. The zero-order chi connectivity index (χ0) is 23.3. The number of benzene rings is 1. The monoisotopic (exact) mass is 439 g/mol. The molecule has 1 heterocycles. The van der Waals surface area contributed by atoms with Gasteiger partial charge in [-0.3, -0.25) is 19.2 Å². The third kappa shape index (κ3) is 5.92. The molecular weight excluding hydrogens is 414 g/mol. The molecule has 170 valence electrons. The standard InChI is InChI=1S/C20H25NO10/c1-10(22)27-9-16-17(28-11(2)23)18(29-12(3)24)19(30-13(4)25)20(26,31-16)14-5-7-15(21)8-6-14/h5-8,16-19,26H,9,21H2,1-4H3/t16-,17-,18+,19-,20-/m1/s1. The molecule has 5 atom stereocenters. The number of nitrogen functional groups attached to an aromatic ring is 1. The molecule has 0 aromatic heterocycles. The summed E-state index contributed by atoms with van der Waals surface area (Å²) in [5.41, 5.74) is 6.20. The average Bonchev–Trinajstić information content (AvgIpc) is 2.65. The van der Waals surface area contributed by atoms with E-state index >= 15 is 0 Å². The van der Waals surface area contributed by atoms with Crippen LogP contribution < -0.4 is 5.73 Å². The van der Waals surface area contributed by atoms with Crippen molar-refractivity contribution in [1.82, 2.24) is 0 Å². The molecule has 1 fully saturated rings. The van der Waals surface area contributed by atoms with Crippen LogP contribution in [-0.2, 0) is 48.6 Å². The van der Waals surface area contributed by atoms with E-state index in [0.717, 1.165) is 27.7 Å². The van der Waals surface area contributed by atoms with Gasteiger partial charge in [-0.2, -0.15) is 0 Å². The van der Waals surface area contributed by atoms with E-state index in [1.54, 1.807) is 0 Å². The summed E-state index contributed by atoms with van der Waals surface area (Å²) in [6.45, 7) is 3.99. The molecule has 2 rings (SSSR count). The minimum atomic E-state index is -2.36. The summed E-state index contributed by atoms with van der Waals surface area (Å²) in [7, 11) is 0. The molecule has 1 aromatic rings. The first kappa shape index (κ1) is 24.1. The number of hydrogen-bond acceptors (Lipinski definition) is 11. The van der Waals surface area contributed by atoms with E-state index in [0.29, 0.717) is 5.69 Å². The largest absolute Gasteiger partial charge is 0.463 e. The molecular formula is C20H25NO10. The van der Waals surface area contributed by atoms with Crippen molar-refractivity contribution in [2.24, 2.45) is 0 Å². The van der Waals surface area contributed by atoms with Gasteiger partial charge in [-0.05, 0) is 12.1 Å². The van der Waals surface area contributed by atoms with Crippen molar-refractivity contribution < 1.29 is 48.0 Å². The summed E-state index contributed by atoms with van der Waals surface area (Å²) in [6.07, 6.45) is -5.75. The third-order valence-electron chi connectivity index (χ3n) is 4.38. The van der Waals surface area contributed by atoms with Crippen LogP contribution in [0.15, 0.2) is 24.3 Å². The maximum absolute atomic E-state index is 11.8. The smallest absolute Gasteiger partial charge is 0.303 e. The zero-order valence-corrected chi connectivity index (χ0v) is 17.5. The van der Waals surface area contributed by atoms with Crippen LogP contribution in [0, 0.1) is 0 Å². The Morgan fingerprint density at radius 3 is 1.90 bits per heavy atom. The first-order valence-electron chi connectivity index (χ1n) is 9.35. The number of carbonyl (C=O) groups excluding carboxylic acids is 4. The highest BCUT2D eigenvalue weighted by molar-refractivity contribution is 5.69. The van der Waals surface area contributed by atoms with Gasteiger partial charge >= 0.3 is 23.9 Å². The number of anilines is 1. The molecule has 0 aliphatic carbocycles. The van der Waals surface area contributed by atoms with E-state index in [4.69, 9.17) is 29.4 Å². The van der Waals surface area contributed by atoms with Crippen LogP contribution >= 0.6 is 0 Å². The Hall–Kier alpha value is -3.18. The Morgan fingerprint density at radius 1 is 0.903 bits per heavy atom. The molecule has 1 saturated heterocycles. The summed E-state index contributed by atoms with van der Waals surface area (Å²) in [6, 6.07) is 5.79. The number of esters is 4. The Bertz CT molecular complexity index is 839. The number of aliphatic hydroxyl groups is 1. The second-order valence-electron chi connectivity index (χ2n) is 6.96. The molecule has 3 N–H and O–H groups in total. The molecule has 11 heteroatoms. The van der Waals surface area contributed by atoms with Crippen LogP contribution in [0.1, 0.15) is 33.3 Å². The Morgan fingerprint density at radius 2 is 1.42 bits per heavy atom. The van der Waals surface area contributed by atoms with Crippen molar-refractivity contribution in [2.75, 3.05) is 12.3 Å². The van der Waals surface area contributed by atoms with Crippen LogP contribution in [0.3, 0.4) is 0 Å². The van der Waals surface area contributed by atoms with Gasteiger partial charge in [-0.15, -0.1) is 0 Å². The summed E-state index contributed by atoms with van der Waals surface area (Å²) < 4.78 is 26.6. The molecule has 1 aliphatic rings. The molecule has 1 aromatic carbocycles. The molecule has 0 bridgehead atoms.